The average Bonchev–Trinajstić information content (AvgIpc) is 3.02. The van der Waals surface area contributed by atoms with Gasteiger partial charge in [-0.05, 0) is 61.8 Å². The number of anilines is 1. The Hall–Kier alpha value is -4.72. The van der Waals surface area contributed by atoms with Crippen LogP contribution in [0.4, 0.5) is 5.69 Å². The number of carbonyl (C=O) groups excluding carboxylic acids is 3. The summed E-state index contributed by atoms with van der Waals surface area (Å²) in [5.74, 6) is -0.472. The third-order valence-corrected chi connectivity index (χ3v) is 8.38. The van der Waals surface area contributed by atoms with Crippen molar-refractivity contribution in [2.24, 2.45) is 17.8 Å². The molecule has 1 saturated carbocycles. The number of nitrogens with one attached hydrogen (secondary N) is 1. The molecule has 228 valence electrons. The second-order valence-electron chi connectivity index (χ2n) is 11.9. The summed E-state index contributed by atoms with van der Waals surface area (Å²) in [5.41, 5.74) is 1.45. The van der Waals surface area contributed by atoms with Gasteiger partial charge in [-0.25, -0.2) is 9.59 Å². The van der Waals surface area contributed by atoms with Crippen LogP contribution in [-0.4, -0.2) is 30.6 Å². The van der Waals surface area contributed by atoms with E-state index in [0.29, 0.717) is 28.7 Å². The fourth-order valence-corrected chi connectivity index (χ4v) is 5.95. The normalized spacial score (nSPS) is 18.2. The Balaban J connectivity index is 1.29. The second kappa shape index (κ2) is 13.3. The van der Waals surface area contributed by atoms with Gasteiger partial charge in [0.1, 0.15) is 17.4 Å². The van der Waals surface area contributed by atoms with Crippen LogP contribution in [-0.2, 0) is 14.3 Å². The zero-order chi connectivity index (χ0) is 31.4. The third-order valence-electron chi connectivity index (χ3n) is 8.38. The molecule has 1 amide bonds. The van der Waals surface area contributed by atoms with Crippen LogP contribution in [0.1, 0.15) is 66.3 Å². The van der Waals surface area contributed by atoms with Crippen LogP contribution in [0.3, 0.4) is 0 Å². The zero-order valence-corrected chi connectivity index (χ0v) is 25.4. The maximum Gasteiger partial charge on any atom is 0.342 e. The van der Waals surface area contributed by atoms with Gasteiger partial charge in [-0.1, -0.05) is 75.7 Å². The number of amides is 1. The largest absolute Gasteiger partial charge is 0.458 e. The summed E-state index contributed by atoms with van der Waals surface area (Å²) in [5, 5.41) is 2.91. The van der Waals surface area contributed by atoms with E-state index in [-0.39, 0.29) is 45.2 Å². The van der Waals surface area contributed by atoms with Crippen LogP contribution in [0, 0.1) is 24.7 Å². The summed E-state index contributed by atoms with van der Waals surface area (Å²) < 4.78 is 17.4. The van der Waals surface area contributed by atoms with Gasteiger partial charge in [-0.15, -0.1) is 0 Å². The molecule has 1 N–H and O–H groups in total. The first-order valence-electron chi connectivity index (χ1n) is 15.0. The summed E-state index contributed by atoms with van der Waals surface area (Å²) >= 11 is 0. The number of ether oxygens (including phenoxy) is 2. The number of fused-ring (bicyclic) bond motifs is 1. The van der Waals surface area contributed by atoms with Crippen molar-refractivity contribution in [3.8, 4) is 11.3 Å². The van der Waals surface area contributed by atoms with Gasteiger partial charge in [0, 0.05) is 11.1 Å². The maximum atomic E-state index is 13.3. The van der Waals surface area contributed by atoms with Gasteiger partial charge in [-0.2, -0.15) is 0 Å². The van der Waals surface area contributed by atoms with Gasteiger partial charge >= 0.3 is 11.9 Å². The Morgan fingerprint density at radius 1 is 0.909 bits per heavy atom. The SMILES string of the molecule is Cc1c(-c2ccccc2)oc2c(C(=O)OCC(=O)Nc3ccccc3C(=O)O[C@H]3C[C@H](C)CC[C@@H]3C(C)C)cccc2c1=O. The van der Waals surface area contributed by atoms with Crippen LogP contribution >= 0.6 is 0 Å². The van der Waals surface area contributed by atoms with Gasteiger partial charge in [-0.3, -0.25) is 9.59 Å². The fourth-order valence-electron chi connectivity index (χ4n) is 5.95. The molecular weight excluding hydrogens is 558 g/mol. The van der Waals surface area contributed by atoms with Crippen LogP contribution in [0.5, 0.6) is 0 Å². The van der Waals surface area contributed by atoms with Crippen molar-refractivity contribution in [3.63, 3.8) is 0 Å². The molecular formula is C36H37NO7. The van der Waals surface area contributed by atoms with Crippen molar-refractivity contribution < 1.29 is 28.3 Å². The first kappa shape index (κ1) is 30.7. The highest BCUT2D eigenvalue weighted by atomic mass is 16.5. The van der Waals surface area contributed by atoms with Crippen LogP contribution in [0.25, 0.3) is 22.3 Å². The Kier molecular flexibility index (Phi) is 9.28. The van der Waals surface area contributed by atoms with E-state index in [1.165, 1.54) is 6.07 Å². The van der Waals surface area contributed by atoms with Crippen molar-refractivity contribution in [3.05, 3.63) is 99.7 Å². The highest BCUT2D eigenvalue weighted by Gasteiger charge is 2.34. The number of esters is 2. The topological polar surface area (TPSA) is 112 Å². The lowest BCUT2D eigenvalue weighted by Gasteiger charge is -2.36. The molecule has 8 heteroatoms. The quantitative estimate of drug-likeness (QED) is 0.215. The van der Waals surface area contributed by atoms with Crippen molar-refractivity contribution in [2.75, 3.05) is 11.9 Å². The molecule has 0 radical (unpaired) electrons. The lowest BCUT2D eigenvalue weighted by Crippen LogP contribution is -2.36. The van der Waals surface area contributed by atoms with Crippen molar-refractivity contribution in [2.45, 2.75) is 53.1 Å². The highest BCUT2D eigenvalue weighted by molar-refractivity contribution is 6.05. The monoisotopic (exact) mass is 595 g/mol. The second-order valence-corrected chi connectivity index (χ2v) is 11.9. The first-order chi connectivity index (χ1) is 21.1. The number of hydrogen-bond donors (Lipinski definition) is 1. The van der Waals surface area contributed by atoms with Crippen LogP contribution in [0.2, 0.25) is 0 Å². The standard InChI is InChI=1S/C36H37NO7/c1-21(2)25-18-17-22(3)19-30(25)43-36(41)26-13-8-9-16-29(26)37-31(38)20-42-35(40)28-15-10-14-27-32(39)23(4)33(44-34(27)28)24-11-6-5-7-12-24/h5-16,21-22,25,30H,17-20H2,1-4H3,(H,37,38)/t22-,25-,30+/m1/s1. The number of rotatable bonds is 8. The molecule has 3 atom stereocenters. The molecule has 4 aromatic rings. The molecule has 0 spiro atoms. The minimum absolute atomic E-state index is 0.0231. The predicted octanol–water partition coefficient (Wildman–Crippen LogP) is 7.18. The summed E-state index contributed by atoms with van der Waals surface area (Å²) in [4.78, 5) is 52.4. The summed E-state index contributed by atoms with van der Waals surface area (Å²) in [6.45, 7) is 7.52. The van der Waals surface area contributed by atoms with E-state index in [9.17, 15) is 19.2 Å². The lowest BCUT2D eigenvalue weighted by molar-refractivity contribution is -0.119. The molecule has 5 rings (SSSR count). The molecule has 0 aliphatic heterocycles. The van der Waals surface area contributed by atoms with E-state index in [1.807, 2.05) is 30.3 Å². The van der Waals surface area contributed by atoms with Gasteiger partial charge in [0.05, 0.1) is 16.6 Å². The van der Waals surface area contributed by atoms with E-state index in [1.54, 1.807) is 43.3 Å². The Morgan fingerprint density at radius 2 is 1.61 bits per heavy atom. The number of benzene rings is 3. The molecule has 0 unspecified atom stereocenters. The molecule has 0 saturated heterocycles. The number of hydrogen-bond acceptors (Lipinski definition) is 7. The van der Waals surface area contributed by atoms with E-state index < -0.39 is 24.5 Å². The molecule has 44 heavy (non-hydrogen) atoms. The van der Waals surface area contributed by atoms with Crippen LogP contribution in [0.15, 0.2) is 82.0 Å². The Morgan fingerprint density at radius 3 is 2.36 bits per heavy atom. The van der Waals surface area contributed by atoms with E-state index >= 15 is 0 Å². The zero-order valence-electron chi connectivity index (χ0n) is 25.4. The lowest BCUT2D eigenvalue weighted by atomic mass is 9.75. The molecule has 1 heterocycles. The van der Waals surface area contributed by atoms with E-state index in [2.05, 4.69) is 26.1 Å². The van der Waals surface area contributed by atoms with Crippen LogP contribution < -0.4 is 10.7 Å². The predicted molar refractivity (Wildman–Crippen MR) is 169 cm³/mol. The first-order valence-corrected chi connectivity index (χ1v) is 15.0. The van der Waals surface area contributed by atoms with Crippen molar-refractivity contribution in [1.82, 2.24) is 0 Å². The molecule has 1 aromatic heterocycles. The summed E-state index contributed by atoms with van der Waals surface area (Å²) in [7, 11) is 0. The van der Waals surface area contributed by atoms with E-state index in [4.69, 9.17) is 13.9 Å². The van der Waals surface area contributed by atoms with Crippen molar-refractivity contribution in [1.29, 1.82) is 0 Å². The van der Waals surface area contributed by atoms with E-state index in [0.717, 1.165) is 19.3 Å². The van der Waals surface area contributed by atoms with Gasteiger partial charge in [0.15, 0.2) is 17.6 Å². The summed E-state index contributed by atoms with van der Waals surface area (Å²) in [6, 6.07) is 20.4. The Labute approximate surface area is 256 Å². The van der Waals surface area contributed by atoms with Gasteiger partial charge < -0.3 is 19.2 Å². The molecule has 1 fully saturated rings. The molecule has 0 bridgehead atoms. The van der Waals surface area contributed by atoms with Gasteiger partial charge in [0.2, 0.25) is 0 Å². The fraction of sp³-hybridized carbons (Fsp3) is 0.333. The average molecular weight is 596 g/mol. The molecule has 8 nitrogen and oxygen atoms in total. The third kappa shape index (κ3) is 6.59. The van der Waals surface area contributed by atoms with Gasteiger partial charge in [0.25, 0.3) is 5.91 Å². The molecule has 3 aromatic carbocycles. The number of carbonyl (C=O) groups is 3. The number of para-hydroxylation sites is 2. The molecule has 1 aliphatic rings. The summed E-state index contributed by atoms with van der Waals surface area (Å²) in [6.07, 6.45) is 2.73. The highest BCUT2D eigenvalue weighted by Crippen LogP contribution is 2.36. The maximum absolute atomic E-state index is 13.3. The minimum Gasteiger partial charge on any atom is -0.458 e. The molecule has 1 aliphatic carbocycles. The Bertz CT molecular complexity index is 1740. The van der Waals surface area contributed by atoms with Crippen molar-refractivity contribution >= 4 is 34.5 Å². The minimum atomic E-state index is -0.824. The smallest absolute Gasteiger partial charge is 0.342 e.